The van der Waals surface area contributed by atoms with E-state index < -0.39 is 23.4 Å². The summed E-state index contributed by atoms with van der Waals surface area (Å²) in [5.41, 5.74) is 5.17. The summed E-state index contributed by atoms with van der Waals surface area (Å²) in [5.74, 6) is -2.92. The van der Waals surface area contributed by atoms with Crippen molar-refractivity contribution >= 4 is 28.9 Å². The molecule has 0 aliphatic carbocycles. The van der Waals surface area contributed by atoms with Crippen molar-refractivity contribution in [2.75, 3.05) is 0 Å². The molecular weight excluding hydrogens is 342 g/mol. The number of nitrogens with one attached hydrogen (secondary N) is 2. The van der Waals surface area contributed by atoms with Crippen LogP contribution in [0.3, 0.4) is 0 Å². The fourth-order valence-corrected chi connectivity index (χ4v) is 2.44. The van der Waals surface area contributed by atoms with Gasteiger partial charge >= 0.3 is 5.91 Å². The molecule has 5 nitrogen and oxygen atoms in total. The molecule has 0 atom stereocenters. The number of carbonyl (C=O) groups excluding carboxylic acids is 2. The Balaban J connectivity index is 1.66. The van der Waals surface area contributed by atoms with Crippen LogP contribution in [-0.2, 0) is 4.79 Å². The molecule has 0 aliphatic rings. The van der Waals surface area contributed by atoms with E-state index in [0.717, 1.165) is 29.7 Å². The standard InChI is InChI=1S/C19H14F2N2O3/c1-11-12-5-2-3-8-16(12)26-18(11)19(25)23-22-17(24)10-9-13-14(20)6-4-7-15(13)21/h2-10H,1H3,(H,22,24)(H,23,25)/b10-9-. The highest BCUT2D eigenvalue weighted by Gasteiger charge is 2.17. The minimum absolute atomic E-state index is 0.0654. The van der Waals surface area contributed by atoms with Gasteiger partial charge in [-0.25, -0.2) is 8.78 Å². The maximum absolute atomic E-state index is 13.5. The Kier molecular flexibility index (Phi) is 4.79. The Morgan fingerprint density at radius 1 is 1.00 bits per heavy atom. The van der Waals surface area contributed by atoms with Gasteiger partial charge in [-0.15, -0.1) is 0 Å². The zero-order valence-electron chi connectivity index (χ0n) is 13.7. The molecule has 26 heavy (non-hydrogen) atoms. The summed E-state index contributed by atoms with van der Waals surface area (Å²) in [5, 5.41) is 0.791. The highest BCUT2D eigenvalue weighted by molar-refractivity contribution is 6.00. The first-order valence-electron chi connectivity index (χ1n) is 7.68. The van der Waals surface area contributed by atoms with Gasteiger partial charge in [-0.1, -0.05) is 24.3 Å². The number of amides is 2. The van der Waals surface area contributed by atoms with Crippen LogP contribution < -0.4 is 10.9 Å². The topological polar surface area (TPSA) is 71.3 Å². The number of hydrogen-bond donors (Lipinski definition) is 2. The summed E-state index contributed by atoms with van der Waals surface area (Å²) in [6.07, 6.45) is 1.89. The summed E-state index contributed by atoms with van der Waals surface area (Å²) < 4.78 is 32.4. The second kappa shape index (κ2) is 7.18. The van der Waals surface area contributed by atoms with Gasteiger partial charge in [-0.3, -0.25) is 20.4 Å². The maximum Gasteiger partial charge on any atom is 0.305 e. The molecule has 1 aromatic heterocycles. The Hall–Kier alpha value is -3.48. The quantitative estimate of drug-likeness (QED) is 0.557. The molecule has 0 unspecified atom stereocenters. The van der Waals surface area contributed by atoms with Crippen LogP contribution in [0.15, 0.2) is 53.0 Å². The van der Waals surface area contributed by atoms with Crippen molar-refractivity contribution in [3.05, 3.63) is 77.1 Å². The predicted molar refractivity (Wildman–Crippen MR) is 92.0 cm³/mol. The maximum atomic E-state index is 13.5. The number of aryl methyl sites for hydroxylation is 1. The number of fused-ring (bicyclic) bond motifs is 1. The van der Waals surface area contributed by atoms with Crippen LogP contribution in [0.2, 0.25) is 0 Å². The third-order valence-electron chi connectivity index (χ3n) is 3.75. The molecule has 0 fully saturated rings. The lowest BCUT2D eigenvalue weighted by atomic mass is 10.1. The second-order valence-electron chi connectivity index (χ2n) is 5.46. The van der Waals surface area contributed by atoms with Gasteiger partial charge in [0.15, 0.2) is 5.76 Å². The number of hydrogen-bond acceptors (Lipinski definition) is 3. The fourth-order valence-electron chi connectivity index (χ4n) is 2.44. The van der Waals surface area contributed by atoms with Crippen molar-refractivity contribution in [2.24, 2.45) is 0 Å². The molecule has 2 aromatic carbocycles. The van der Waals surface area contributed by atoms with Crippen LogP contribution in [0.25, 0.3) is 17.0 Å². The van der Waals surface area contributed by atoms with Crippen LogP contribution in [0, 0.1) is 18.6 Å². The zero-order valence-corrected chi connectivity index (χ0v) is 13.7. The number of rotatable bonds is 3. The van der Waals surface area contributed by atoms with Gasteiger partial charge in [-0.2, -0.15) is 0 Å². The molecule has 3 rings (SSSR count). The van der Waals surface area contributed by atoms with Gasteiger partial charge in [0.2, 0.25) is 0 Å². The first-order valence-corrected chi connectivity index (χ1v) is 7.68. The Bertz CT molecular complexity index is 1000. The summed E-state index contributed by atoms with van der Waals surface area (Å²) in [6.45, 7) is 1.73. The summed E-state index contributed by atoms with van der Waals surface area (Å²) >= 11 is 0. The number of para-hydroxylation sites is 1. The SMILES string of the molecule is Cc1c(C(=O)NNC(=O)/C=C\c2c(F)cccc2F)oc2ccccc12. The molecule has 2 amide bonds. The van der Waals surface area contributed by atoms with Crippen molar-refractivity contribution in [1.82, 2.24) is 10.9 Å². The van der Waals surface area contributed by atoms with E-state index in [-0.39, 0.29) is 11.3 Å². The Labute approximate surface area is 147 Å². The Morgan fingerprint density at radius 2 is 1.69 bits per heavy atom. The average Bonchev–Trinajstić information content (AvgIpc) is 2.96. The van der Waals surface area contributed by atoms with E-state index in [1.54, 1.807) is 19.1 Å². The molecule has 0 saturated carbocycles. The van der Waals surface area contributed by atoms with Crippen LogP contribution in [0.1, 0.15) is 21.7 Å². The van der Waals surface area contributed by atoms with Gasteiger partial charge in [-0.05, 0) is 31.2 Å². The molecule has 0 radical (unpaired) electrons. The van der Waals surface area contributed by atoms with Crippen molar-refractivity contribution < 1.29 is 22.8 Å². The molecule has 0 saturated heterocycles. The monoisotopic (exact) mass is 356 g/mol. The molecule has 0 aliphatic heterocycles. The lowest BCUT2D eigenvalue weighted by molar-refractivity contribution is -0.117. The summed E-state index contributed by atoms with van der Waals surface area (Å²) in [7, 11) is 0. The first-order chi connectivity index (χ1) is 12.5. The zero-order chi connectivity index (χ0) is 18.7. The van der Waals surface area contributed by atoms with E-state index in [0.29, 0.717) is 11.1 Å². The van der Waals surface area contributed by atoms with Gasteiger partial charge in [0.05, 0.1) is 0 Å². The number of hydrazine groups is 1. The van der Waals surface area contributed by atoms with Crippen molar-refractivity contribution in [3.63, 3.8) is 0 Å². The van der Waals surface area contributed by atoms with Gasteiger partial charge in [0.1, 0.15) is 17.2 Å². The largest absolute Gasteiger partial charge is 0.451 e. The molecule has 1 heterocycles. The van der Waals surface area contributed by atoms with Crippen molar-refractivity contribution in [3.8, 4) is 0 Å². The predicted octanol–water partition coefficient (Wildman–Crippen LogP) is 3.49. The smallest absolute Gasteiger partial charge is 0.305 e. The van der Waals surface area contributed by atoms with E-state index >= 15 is 0 Å². The molecule has 7 heteroatoms. The number of furan rings is 1. The number of benzene rings is 2. The van der Waals surface area contributed by atoms with Crippen molar-refractivity contribution in [2.45, 2.75) is 6.92 Å². The molecule has 2 N–H and O–H groups in total. The van der Waals surface area contributed by atoms with E-state index in [1.165, 1.54) is 6.07 Å². The van der Waals surface area contributed by atoms with E-state index in [4.69, 9.17) is 4.42 Å². The second-order valence-corrected chi connectivity index (χ2v) is 5.46. The summed E-state index contributed by atoms with van der Waals surface area (Å²) in [6, 6.07) is 10.5. The van der Waals surface area contributed by atoms with Crippen LogP contribution in [-0.4, -0.2) is 11.8 Å². The molecule has 3 aromatic rings. The third-order valence-corrected chi connectivity index (χ3v) is 3.75. The fraction of sp³-hybridized carbons (Fsp3) is 0.0526. The van der Waals surface area contributed by atoms with Crippen LogP contribution >= 0.6 is 0 Å². The number of carbonyl (C=O) groups is 2. The first kappa shape index (κ1) is 17.3. The minimum Gasteiger partial charge on any atom is -0.451 e. The highest BCUT2D eigenvalue weighted by atomic mass is 19.1. The van der Waals surface area contributed by atoms with Crippen LogP contribution in [0.4, 0.5) is 8.78 Å². The molecule has 0 bridgehead atoms. The third kappa shape index (κ3) is 3.46. The normalized spacial score (nSPS) is 11.0. The van der Waals surface area contributed by atoms with Gasteiger partial charge in [0.25, 0.3) is 5.91 Å². The minimum atomic E-state index is -0.795. The highest BCUT2D eigenvalue weighted by Crippen LogP contribution is 2.24. The lowest BCUT2D eigenvalue weighted by Crippen LogP contribution is -2.40. The lowest BCUT2D eigenvalue weighted by Gasteiger charge is -2.04. The van der Waals surface area contributed by atoms with Gasteiger partial charge in [0, 0.05) is 22.6 Å². The molecular formula is C19H14F2N2O3. The van der Waals surface area contributed by atoms with E-state index in [2.05, 4.69) is 10.9 Å². The van der Waals surface area contributed by atoms with Crippen LogP contribution in [0.5, 0.6) is 0 Å². The molecule has 0 spiro atoms. The number of halogens is 2. The molecule has 132 valence electrons. The van der Waals surface area contributed by atoms with Gasteiger partial charge < -0.3 is 4.42 Å². The van der Waals surface area contributed by atoms with E-state index in [1.807, 2.05) is 12.1 Å². The van der Waals surface area contributed by atoms with E-state index in [9.17, 15) is 18.4 Å². The average molecular weight is 356 g/mol. The summed E-state index contributed by atoms with van der Waals surface area (Å²) in [4.78, 5) is 23.9. The Morgan fingerprint density at radius 3 is 2.38 bits per heavy atom. The van der Waals surface area contributed by atoms with Crippen molar-refractivity contribution in [1.29, 1.82) is 0 Å².